The zero-order chi connectivity index (χ0) is 19.2. The Labute approximate surface area is 174 Å². The third kappa shape index (κ3) is 5.40. The third-order valence-electron chi connectivity index (χ3n) is 4.83. The standard InChI is InChI=1S/C22H29N3O2.ClH/c1-4-27-22(26)23-19-13-12-18-11-10-17-8-5-6-9-20(17)25(21(18)16-19)15-7-14-24(2)3;/h5-6,8-9,12-13,16H,4,7,10-11,14-15H2,1-3H3,(H,23,26);1H/p-1. The topological polar surface area (TPSA) is 44.8 Å². The Kier molecular flexibility index (Phi) is 8.15. The number of benzene rings is 2. The van der Waals surface area contributed by atoms with Gasteiger partial charge in [-0.2, -0.15) is 0 Å². The lowest BCUT2D eigenvalue weighted by Crippen LogP contribution is -3.00. The molecule has 0 saturated carbocycles. The molecule has 0 unspecified atom stereocenters. The van der Waals surface area contributed by atoms with Gasteiger partial charge in [-0.15, -0.1) is 0 Å². The Morgan fingerprint density at radius 3 is 2.54 bits per heavy atom. The number of para-hydroxylation sites is 1. The second kappa shape index (κ2) is 10.3. The summed E-state index contributed by atoms with van der Waals surface area (Å²) in [4.78, 5) is 16.4. The van der Waals surface area contributed by atoms with E-state index in [1.165, 1.54) is 22.5 Å². The van der Waals surface area contributed by atoms with Crippen LogP contribution in [0.4, 0.5) is 21.9 Å². The number of carbonyl (C=O) groups is 1. The van der Waals surface area contributed by atoms with Gasteiger partial charge in [0.15, 0.2) is 0 Å². The van der Waals surface area contributed by atoms with E-state index in [9.17, 15) is 4.79 Å². The minimum Gasteiger partial charge on any atom is -1.00 e. The predicted molar refractivity (Wildman–Crippen MR) is 111 cm³/mol. The fourth-order valence-corrected chi connectivity index (χ4v) is 3.56. The summed E-state index contributed by atoms with van der Waals surface area (Å²) in [5.41, 5.74) is 5.89. The number of rotatable bonds is 6. The molecule has 0 fully saturated rings. The summed E-state index contributed by atoms with van der Waals surface area (Å²) in [5.74, 6) is 0. The second-order valence-corrected chi connectivity index (χ2v) is 7.13. The van der Waals surface area contributed by atoms with Crippen molar-refractivity contribution < 1.29 is 21.9 Å². The van der Waals surface area contributed by atoms with Gasteiger partial charge in [0, 0.05) is 23.6 Å². The van der Waals surface area contributed by atoms with E-state index in [4.69, 9.17) is 4.74 Å². The highest BCUT2D eigenvalue weighted by Gasteiger charge is 2.21. The van der Waals surface area contributed by atoms with Crippen molar-refractivity contribution in [1.82, 2.24) is 4.90 Å². The molecule has 0 atom stereocenters. The second-order valence-electron chi connectivity index (χ2n) is 7.13. The Hall–Kier alpha value is -2.24. The van der Waals surface area contributed by atoms with E-state index in [2.05, 4.69) is 65.6 Å². The Bertz CT molecular complexity index is 795. The maximum Gasteiger partial charge on any atom is 0.411 e. The van der Waals surface area contributed by atoms with E-state index in [1.54, 1.807) is 6.92 Å². The van der Waals surface area contributed by atoms with Gasteiger partial charge in [-0.3, -0.25) is 5.32 Å². The van der Waals surface area contributed by atoms with Crippen molar-refractivity contribution in [2.75, 3.05) is 44.0 Å². The molecule has 1 N–H and O–H groups in total. The van der Waals surface area contributed by atoms with Crippen LogP contribution < -0.4 is 22.6 Å². The lowest BCUT2D eigenvalue weighted by atomic mass is 10.0. The van der Waals surface area contributed by atoms with Crippen LogP contribution in [-0.4, -0.2) is 44.8 Å². The number of fused-ring (bicyclic) bond motifs is 2. The van der Waals surface area contributed by atoms with Crippen molar-refractivity contribution in [3.8, 4) is 0 Å². The molecule has 0 radical (unpaired) electrons. The van der Waals surface area contributed by atoms with Gasteiger partial charge in [-0.25, -0.2) is 4.79 Å². The van der Waals surface area contributed by atoms with Gasteiger partial charge in [0.2, 0.25) is 0 Å². The van der Waals surface area contributed by atoms with Crippen LogP contribution in [0.25, 0.3) is 0 Å². The Balaban J connectivity index is 0.00000280. The predicted octanol–water partition coefficient (Wildman–Crippen LogP) is 1.45. The molecule has 0 aliphatic carbocycles. The number of halogens is 1. The summed E-state index contributed by atoms with van der Waals surface area (Å²) < 4.78 is 5.02. The number of nitrogens with zero attached hydrogens (tertiary/aromatic N) is 2. The van der Waals surface area contributed by atoms with Gasteiger partial charge in [-0.1, -0.05) is 24.3 Å². The number of ether oxygens (including phenoxy) is 1. The molecule has 2 aromatic carbocycles. The molecule has 1 heterocycles. The van der Waals surface area contributed by atoms with Crippen molar-refractivity contribution in [2.45, 2.75) is 26.2 Å². The lowest BCUT2D eigenvalue weighted by molar-refractivity contribution is -0.0000112. The van der Waals surface area contributed by atoms with E-state index in [1.807, 2.05) is 6.07 Å². The molecule has 28 heavy (non-hydrogen) atoms. The van der Waals surface area contributed by atoms with Crippen LogP contribution >= 0.6 is 0 Å². The van der Waals surface area contributed by atoms with Crippen molar-refractivity contribution >= 4 is 23.2 Å². The minimum absolute atomic E-state index is 0. The minimum atomic E-state index is -0.411. The zero-order valence-electron chi connectivity index (χ0n) is 16.9. The third-order valence-corrected chi connectivity index (χ3v) is 4.83. The molecular weight excluding hydrogens is 374 g/mol. The van der Waals surface area contributed by atoms with E-state index in [-0.39, 0.29) is 12.4 Å². The maximum atomic E-state index is 11.8. The highest BCUT2D eigenvalue weighted by molar-refractivity contribution is 5.86. The molecule has 152 valence electrons. The first kappa shape index (κ1) is 22.1. The summed E-state index contributed by atoms with van der Waals surface area (Å²) in [6, 6.07) is 14.8. The fourth-order valence-electron chi connectivity index (χ4n) is 3.56. The highest BCUT2D eigenvalue weighted by atomic mass is 35.5. The van der Waals surface area contributed by atoms with Gasteiger partial charge in [0.1, 0.15) is 0 Å². The van der Waals surface area contributed by atoms with Crippen molar-refractivity contribution in [3.05, 3.63) is 53.6 Å². The molecule has 0 bridgehead atoms. The maximum absolute atomic E-state index is 11.8. The summed E-state index contributed by atoms with van der Waals surface area (Å²) in [7, 11) is 4.21. The summed E-state index contributed by atoms with van der Waals surface area (Å²) in [6.07, 6.45) is 2.68. The van der Waals surface area contributed by atoms with Crippen LogP contribution in [0.2, 0.25) is 0 Å². The molecule has 1 aliphatic heterocycles. The number of aryl methyl sites for hydroxylation is 2. The number of amides is 1. The fraction of sp³-hybridized carbons (Fsp3) is 0.409. The van der Waals surface area contributed by atoms with Gasteiger partial charge in [0.05, 0.1) is 6.61 Å². The smallest absolute Gasteiger partial charge is 0.411 e. The largest absolute Gasteiger partial charge is 1.00 e. The van der Waals surface area contributed by atoms with Gasteiger partial charge in [0.25, 0.3) is 0 Å². The quantitative estimate of drug-likeness (QED) is 0.794. The number of carbonyl (C=O) groups excluding carboxylic acids is 1. The number of hydrogen-bond donors (Lipinski definition) is 1. The van der Waals surface area contributed by atoms with Crippen LogP contribution in [0.5, 0.6) is 0 Å². The lowest BCUT2D eigenvalue weighted by Gasteiger charge is -2.28. The number of nitrogens with one attached hydrogen (secondary N) is 1. The van der Waals surface area contributed by atoms with Crippen molar-refractivity contribution in [2.24, 2.45) is 0 Å². The molecule has 0 aromatic heterocycles. The van der Waals surface area contributed by atoms with Crippen LogP contribution in [-0.2, 0) is 17.6 Å². The molecule has 1 aliphatic rings. The van der Waals surface area contributed by atoms with E-state index < -0.39 is 6.09 Å². The monoisotopic (exact) mass is 402 g/mol. The molecule has 0 saturated heterocycles. The van der Waals surface area contributed by atoms with Crippen LogP contribution in [0, 0.1) is 0 Å². The van der Waals surface area contributed by atoms with E-state index in [0.717, 1.165) is 38.0 Å². The number of anilines is 3. The molecule has 5 nitrogen and oxygen atoms in total. The first-order chi connectivity index (χ1) is 13.1. The van der Waals surface area contributed by atoms with Crippen LogP contribution in [0.1, 0.15) is 24.5 Å². The van der Waals surface area contributed by atoms with Crippen LogP contribution in [0.3, 0.4) is 0 Å². The van der Waals surface area contributed by atoms with E-state index >= 15 is 0 Å². The highest BCUT2D eigenvalue weighted by Crippen LogP contribution is 2.37. The van der Waals surface area contributed by atoms with Gasteiger partial charge < -0.3 is 26.9 Å². The SMILES string of the molecule is CCOC(=O)Nc1ccc2c(c1)N(CCCN(C)C)c1ccccc1CC2.[Cl-]. The molecule has 6 heteroatoms. The van der Waals surface area contributed by atoms with E-state index in [0.29, 0.717) is 6.61 Å². The van der Waals surface area contributed by atoms with Gasteiger partial charge >= 0.3 is 6.09 Å². The first-order valence-electron chi connectivity index (χ1n) is 9.65. The summed E-state index contributed by atoms with van der Waals surface area (Å²) >= 11 is 0. The Morgan fingerprint density at radius 2 is 1.82 bits per heavy atom. The van der Waals surface area contributed by atoms with Gasteiger partial charge in [-0.05, 0) is 76.2 Å². The normalized spacial score (nSPS) is 12.5. The number of hydrogen-bond acceptors (Lipinski definition) is 4. The molecule has 0 spiro atoms. The molecule has 1 amide bonds. The summed E-state index contributed by atoms with van der Waals surface area (Å²) in [5, 5.41) is 2.84. The Morgan fingerprint density at radius 1 is 1.11 bits per heavy atom. The molecular formula is C22H29ClN3O2-. The van der Waals surface area contributed by atoms with Crippen molar-refractivity contribution in [3.63, 3.8) is 0 Å². The first-order valence-corrected chi connectivity index (χ1v) is 9.65. The average molecular weight is 403 g/mol. The molecule has 2 aromatic rings. The molecule has 3 rings (SSSR count). The van der Waals surface area contributed by atoms with Crippen LogP contribution in [0.15, 0.2) is 42.5 Å². The zero-order valence-corrected chi connectivity index (χ0v) is 17.6. The summed E-state index contributed by atoms with van der Waals surface area (Å²) in [6.45, 7) is 4.14. The van der Waals surface area contributed by atoms with Crippen molar-refractivity contribution in [1.29, 1.82) is 0 Å². The average Bonchev–Trinajstić information content (AvgIpc) is 2.79.